The Morgan fingerprint density at radius 3 is 2.26 bits per heavy atom. The maximum absolute atomic E-state index is 12.7. The van der Waals surface area contributed by atoms with Crippen molar-refractivity contribution in [2.45, 2.75) is 76.9 Å². The Kier molecular flexibility index (Phi) is 14.4. The number of carboxylic acid groups (broad SMARTS) is 4. The number of nitrogens with zero attached hydrogens (tertiary/aromatic N) is 2. The molecular weight excluding hydrogens is 828 g/mol. The average molecular weight is 869 g/mol. The van der Waals surface area contributed by atoms with Gasteiger partial charge in [0.2, 0.25) is 17.6 Å². The second-order valence-corrected chi connectivity index (χ2v) is 16.0. The second-order valence-electron chi connectivity index (χ2n) is 14.7. The number of fused-ring (bicyclic) bond motifs is 3. The van der Waals surface area contributed by atoms with Crippen molar-refractivity contribution in [1.82, 2.24) is 14.8 Å². The minimum atomic E-state index is -1.39. The van der Waals surface area contributed by atoms with E-state index in [2.05, 4.69) is 10.6 Å². The Labute approximate surface area is 372 Å². The van der Waals surface area contributed by atoms with Crippen molar-refractivity contribution in [3.63, 3.8) is 0 Å². The Morgan fingerprint density at radius 2 is 1.67 bits per heavy atom. The monoisotopic (exact) mass is 868 g/mol. The van der Waals surface area contributed by atoms with Gasteiger partial charge < -0.3 is 54.8 Å². The van der Waals surface area contributed by atoms with Crippen LogP contribution in [-0.4, -0.2) is 95.6 Å². The Balaban J connectivity index is 0.000000232. The van der Waals surface area contributed by atoms with Crippen molar-refractivity contribution in [2.24, 2.45) is 11.8 Å². The predicted molar refractivity (Wildman–Crippen MR) is 215 cm³/mol. The number of aromatic carboxylic acids is 3. The SMILES string of the molecule is CCCc1c2oc(C(=O)O)cc(=O)c2cc2c(=O)cc(C(=O)O)n(CC)c12.C[C@@H](O)[C@H]1C(=O)N2C(C(=O)O)=C(S[C@@H]3CN[C@H](C(=O)Nc4cccc(C(=O)[O-])c4)C3)[C@H](C)[C@H]12.[Na+]. The molecular formula is C41H41N4NaO14S. The van der Waals surface area contributed by atoms with Crippen molar-refractivity contribution in [3.05, 3.63) is 96.1 Å². The van der Waals surface area contributed by atoms with E-state index in [1.807, 2.05) is 13.8 Å². The first-order chi connectivity index (χ1) is 28.4. The number of hydrogen-bond acceptors (Lipinski definition) is 13. The summed E-state index contributed by atoms with van der Waals surface area (Å²) in [7, 11) is 0. The molecule has 2 aromatic carbocycles. The summed E-state index contributed by atoms with van der Waals surface area (Å²) >= 11 is 1.35. The van der Waals surface area contributed by atoms with E-state index in [1.54, 1.807) is 13.0 Å². The van der Waals surface area contributed by atoms with Crippen molar-refractivity contribution < 1.29 is 88.3 Å². The van der Waals surface area contributed by atoms with Gasteiger partial charge in [0, 0.05) is 57.9 Å². The summed E-state index contributed by atoms with van der Waals surface area (Å²) in [6.45, 7) is 7.73. The number of carbonyl (C=O) groups is 6. The molecule has 0 bridgehead atoms. The molecule has 0 unspecified atom stereocenters. The number of rotatable bonds is 12. The van der Waals surface area contributed by atoms with E-state index in [0.29, 0.717) is 47.5 Å². The molecule has 61 heavy (non-hydrogen) atoms. The maximum atomic E-state index is 12.7. The number of hydrogen-bond donors (Lipinski definition) is 6. The topological polar surface area (TPSA) is 286 Å². The minimum absolute atomic E-state index is 0. The third-order valence-corrected chi connectivity index (χ3v) is 12.3. The van der Waals surface area contributed by atoms with Gasteiger partial charge in [-0.3, -0.25) is 19.2 Å². The first kappa shape index (κ1) is 46.8. The zero-order valence-corrected chi connectivity index (χ0v) is 36.5. The number of aliphatic hydroxyl groups excluding tert-OH is 1. The standard InChI is InChI=1S/C22H25N3O7S.C19H17NO7.Na/c1-9-16-15(10(2)26)20(28)25(16)17(22(31)32)18(9)33-13-7-14(23-8-13)19(27)24-12-5-3-4-11(6-12)21(29)30;1-3-5-9-16-10(13(21)7-12(18(23)24)20(16)4-2)6-11-14(22)8-15(19(25)26)27-17(9)11;/h3-6,9-10,13-16,23,26H,7-8H2,1-2H3,(H,24,27)(H,29,30)(H,31,32);6-8H,3-5H2,1-2H3,(H,23,24)(H,25,26);/q;;+1/p-1/t9-,10-,13+,14+,15-,16-;;/m1../s1. The average Bonchev–Trinajstić information content (AvgIpc) is 3.76. The van der Waals surface area contributed by atoms with Crippen LogP contribution in [0.1, 0.15) is 77.5 Å². The Hall–Kier alpha value is -5.31. The Morgan fingerprint density at radius 1 is 0.984 bits per heavy atom. The van der Waals surface area contributed by atoms with Crippen LogP contribution in [0.4, 0.5) is 5.69 Å². The van der Waals surface area contributed by atoms with Crippen LogP contribution in [0.15, 0.2) is 67.1 Å². The van der Waals surface area contributed by atoms with E-state index in [4.69, 9.17) is 4.42 Å². The number of pyridine rings is 1. The third-order valence-electron chi connectivity index (χ3n) is 10.8. The number of anilines is 1. The third kappa shape index (κ3) is 8.89. The fraction of sp³-hybridized carbons (Fsp3) is 0.366. The van der Waals surface area contributed by atoms with Gasteiger partial charge >= 0.3 is 47.5 Å². The first-order valence-electron chi connectivity index (χ1n) is 19.0. The number of thioether (sulfide) groups is 1. The first-order valence-corrected chi connectivity index (χ1v) is 19.9. The van der Waals surface area contributed by atoms with Gasteiger partial charge in [-0.2, -0.15) is 0 Å². The molecule has 0 saturated carbocycles. The number of aliphatic carboxylic acids is 1. The van der Waals surface area contributed by atoms with E-state index in [-0.39, 0.29) is 98.4 Å². The molecule has 0 aliphatic carbocycles. The summed E-state index contributed by atoms with van der Waals surface area (Å²) in [5.41, 5.74) is -0.140. The summed E-state index contributed by atoms with van der Waals surface area (Å²) in [5, 5.41) is 55.4. The number of benzene rings is 2. The maximum Gasteiger partial charge on any atom is 1.00 e. The van der Waals surface area contributed by atoms with Crippen molar-refractivity contribution in [3.8, 4) is 0 Å². The summed E-state index contributed by atoms with van der Waals surface area (Å²) in [6.07, 6.45) is 0.558. The van der Waals surface area contributed by atoms with Crippen LogP contribution in [0.3, 0.4) is 0 Å². The van der Waals surface area contributed by atoms with Gasteiger partial charge in [0.05, 0.1) is 41.0 Å². The molecule has 18 nitrogen and oxygen atoms in total. The number of aryl methyl sites for hydroxylation is 2. The van der Waals surface area contributed by atoms with Gasteiger partial charge in [0.1, 0.15) is 17.0 Å². The summed E-state index contributed by atoms with van der Waals surface area (Å²) in [6, 6.07) is 8.11. The van der Waals surface area contributed by atoms with Gasteiger partial charge in [0.15, 0.2) is 10.9 Å². The fourth-order valence-corrected chi connectivity index (χ4v) is 9.62. The number of carbonyl (C=O) groups excluding carboxylic acids is 3. The molecule has 3 aliphatic rings. The van der Waals surface area contributed by atoms with Gasteiger partial charge in [-0.25, -0.2) is 14.4 Å². The van der Waals surface area contributed by atoms with E-state index in [9.17, 15) is 63.9 Å². The van der Waals surface area contributed by atoms with E-state index in [0.717, 1.165) is 12.1 Å². The van der Waals surface area contributed by atoms with Gasteiger partial charge in [-0.15, -0.1) is 11.8 Å². The molecule has 316 valence electrons. The summed E-state index contributed by atoms with van der Waals surface area (Å²) in [4.78, 5) is 97.8. The number of amides is 2. The molecule has 6 N–H and O–H groups in total. The van der Waals surface area contributed by atoms with Crippen molar-refractivity contribution >= 4 is 75.0 Å². The fourth-order valence-electron chi connectivity index (χ4n) is 8.14. The van der Waals surface area contributed by atoms with Crippen LogP contribution in [0.5, 0.6) is 0 Å². The molecule has 0 spiro atoms. The zero-order valence-electron chi connectivity index (χ0n) is 33.7. The van der Waals surface area contributed by atoms with E-state index < -0.39 is 58.6 Å². The number of aromatic nitrogens is 1. The molecule has 2 aromatic heterocycles. The smallest absolute Gasteiger partial charge is 0.545 e. The van der Waals surface area contributed by atoms with E-state index >= 15 is 0 Å². The molecule has 2 amide bonds. The normalized spacial score (nSPS) is 20.9. The quantitative estimate of drug-likeness (QED) is 0.0571. The zero-order chi connectivity index (χ0) is 43.9. The molecule has 7 rings (SSSR count). The molecule has 6 atom stereocenters. The second kappa shape index (κ2) is 18.8. The van der Waals surface area contributed by atoms with Crippen LogP contribution in [0.25, 0.3) is 21.9 Å². The van der Waals surface area contributed by atoms with Crippen LogP contribution in [-0.2, 0) is 27.3 Å². The van der Waals surface area contributed by atoms with Crippen LogP contribution < -0.4 is 56.2 Å². The molecule has 2 saturated heterocycles. The number of β-lactam (4-membered cyclic amide) rings is 1. The minimum Gasteiger partial charge on any atom is -0.545 e. The van der Waals surface area contributed by atoms with Crippen LogP contribution in [0.2, 0.25) is 0 Å². The predicted octanol–water partition coefficient (Wildman–Crippen LogP) is -0.913. The van der Waals surface area contributed by atoms with Crippen molar-refractivity contribution in [2.75, 3.05) is 11.9 Å². The number of carboxylic acids is 4. The van der Waals surface area contributed by atoms with Gasteiger partial charge in [0.25, 0.3) is 0 Å². The molecule has 2 fully saturated rings. The van der Waals surface area contributed by atoms with Gasteiger partial charge in [-0.1, -0.05) is 32.4 Å². The molecule has 0 radical (unpaired) electrons. The molecule has 20 heteroatoms. The van der Waals surface area contributed by atoms with E-state index in [1.165, 1.54) is 52.4 Å². The summed E-state index contributed by atoms with van der Waals surface area (Å²) in [5.74, 6) is -7.23. The largest absolute Gasteiger partial charge is 1.00 e. The van der Waals surface area contributed by atoms with Crippen LogP contribution in [0, 0.1) is 11.8 Å². The van der Waals surface area contributed by atoms with Gasteiger partial charge in [-0.05, 0) is 50.5 Å². The molecule has 4 aromatic rings. The van der Waals surface area contributed by atoms with Crippen molar-refractivity contribution in [1.29, 1.82) is 0 Å². The summed E-state index contributed by atoms with van der Waals surface area (Å²) < 4.78 is 6.94. The molecule has 3 aliphatic heterocycles. The Bertz CT molecular complexity index is 2640. The number of aliphatic hydroxyl groups is 1. The number of nitrogens with one attached hydrogen (secondary N) is 2. The van der Waals surface area contributed by atoms with Crippen LogP contribution >= 0.6 is 11.8 Å². The molecule has 5 heterocycles.